The number of aryl methyl sites for hydroxylation is 1. The number of carbonyl (C=O) groups is 1. The highest BCUT2D eigenvalue weighted by molar-refractivity contribution is 7.23. The molecule has 3 nitrogen and oxygen atoms in total. The van der Waals surface area contributed by atoms with Crippen LogP contribution in [0.5, 0.6) is 0 Å². The number of aromatic carboxylic acids is 1. The SMILES string of the molecule is Cc1ccsc1-c1sc(C(=O)O)c(N)c1C. The lowest BCUT2D eigenvalue weighted by atomic mass is 10.1. The van der Waals surface area contributed by atoms with Crippen molar-refractivity contribution in [2.75, 3.05) is 5.73 Å². The predicted molar refractivity (Wildman–Crippen MR) is 68.5 cm³/mol. The van der Waals surface area contributed by atoms with Gasteiger partial charge < -0.3 is 10.8 Å². The fraction of sp³-hybridized carbons (Fsp3) is 0.182. The van der Waals surface area contributed by atoms with Gasteiger partial charge in [-0.15, -0.1) is 22.7 Å². The molecule has 84 valence electrons. The number of hydrogen-bond acceptors (Lipinski definition) is 4. The Hall–Kier alpha value is -1.33. The Kier molecular flexibility index (Phi) is 2.73. The summed E-state index contributed by atoms with van der Waals surface area (Å²) in [6.07, 6.45) is 0. The average molecular weight is 253 g/mol. The van der Waals surface area contributed by atoms with Gasteiger partial charge in [-0.3, -0.25) is 0 Å². The highest BCUT2D eigenvalue weighted by Crippen LogP contribution is 2.41. The lowest BCUT2D eigenvalue weighted by molar-refractivity contribution is 0.0703. The molecule has 0 aliphatic rings. The van der Waals surface area contributed by atoms with Gasteiger partial charge in [-0.05, 0) is 36.4 Å². The number of hydrogen-bond donors (Lipinski definition) is 2. The third-order valence-corrected chi connectivity index (χ3v) is 4.93. The van der Waals surface area contributed by atoms with Crippen LogP contribution in [0.4, 0.5) is 5.69 Å². The third-order valence-electron chi connectivity index (χ3n) is 2.46. The Morgan fingerprint density at radius 3 is 2.50 bits per heavy atom. The molecule has 2 heterocycles. The molecule has 0 aliphatic heterocycles. The molecule has 3 N–H and O–H groups in total. The summed E-state index contributed by atoms with van der Waals surface area (Å²) in [5, 5.41) is 11.0. The van der Waals surface area contributed by atoms with Crippen LogP contribution in [0.1, 0.15) is 20.8 Å². The zero-order chi connectivity index (χ0) is 11.9. The van der Waals surface area contributed by atoms with E-state index in [-0.39, 0.29) is 4.88 Å². The molecule has 0 radical (unpaired) electrons. The third kappa shape index (κ3) is 1.62. The molecular weight excluding hydrogens is 242 g/mol. The minimum absolute atomic E-state index is 0.236. The summed E-state index contributed by atoms with van der Waals surface area (Å²) < 4.78 is 0. The molecule has 5 heteroatoms. The Morgan fingerprint density at radius 1 is 1.38 bits per heavy atom. The molecule has 2 aromatic heterocycles. The van der Waals surface area contributed by atoms with E-state index in [0.29, 0.717) is 5.69 Å². The lowest BCUT2D eigenvalue weighted by Crippen LogP contribution is -1.97. The first kappa shape index (κ1) is 11.2. The van der Waals surface area contributed by atoms with Crippen molar-refractivity contribution >= 4 is 34.3 Å². The zero-order valence-corrected chi connectivity index (χ0v) is 10.5. The van der Waals surface area contributed by atoms with E-state index < -0.39 is 5.97 Å². The van der Waals surface area contributed by atoms with Gasteiger partial charge in [-0.25, -0.2) is 4.79 Å². The highest BCUT2D eigenvalue weighted by atomic mass is 32.1. The summed E-state index contributed by atoms with van der Waals surface area (Å²) in [6, 6.07) is 2.02. The predicted octanol–water partition coefficient (Wildman–Crippen LogP) is 3.37. The van der Waals surface area contributed by atoms with Gasteiger partial charge in [-0.1, -0.05) is 0 Å². The number of rotatable bonds is 2. The van der Waals surface area contributed by atoms with Crippen molar-refractivity contribution in [3.8, 4) is 9.75 Å². The first-order chi connectivity index (χ1) is 7.52. The van der Waals surface area contributed by atoms with Crippen LogP contribution >= 0.6 is 22.7 Å². The van der Waals surface area contributed by atoms with E-state index >= 15 is 0 Å². The van der Waals surface area contributed by atoms with Crippen LogP contribution in [0, 0.1) is 13.8 Å². The number of carboxylic acid groups (broad SMARTS) is 1. The summed E-state index contributed by atoms with van der Waals surface area (Å²) in [6.45, 7) is 3.88. The molecule has 0 aromatic carbocycles. The van der Waals surface area contributed by atoms with Crippen LogP contribution in [-0.4, -0.2) is 11.1 Å². The molecule has 0 amide bonds. The van der Waals surface area contributed by atoms with E-state index in [2.05, 4.69) is 0 Å². The second-order valence-electron chi connectivity index (χ2n) is 3.54. The van der Waals surface area contributed by atoms with E-state index in [1.807, 2.05) is 25.3 Å². The molecule has 0 saturated carbocycles. The fourth-order valence-corrected chi connectivity index (χ4v) is 3.77. The van der Waals surface area contributed by atoms with Crippen LogP contribution in [0.15, 0.2) is 11.4 Å². The van der Waals surface area contributed by atoms with Crippen molar-refractivity contribution < 1.29 is 9.90 Å². The zero-order valence-electron chi connectivity index (χ0n) is 8.90. The van der Waals surface area contributed by atoms with Gasteiger partial charge in [0.25, 0.3) is 0 Å². The van der Waals surface area contributed by atoms with Gasteiger partial charge in [0, 0.05) is 4.88 Å². The van der Waals surface area contributed by atoms with Gasteiger partial charge >= 0.3 is 5.97 Å². The standard InChI is InChI=1S/C11H11NO2S2/c1-5-3-4-15-8(5)9-6(2)7(12)10(16-9)11(13)14/h3-4H,12H2,1-2H3,(H,13,14). The maximum atomic E-state index is 11.0. The number of carboxylic acids is 1. The first-order valence-corrected chi connectivity index (χ1v) is 6.38. The normalized spacial score (nSPS) is 10.6. The van der Waals surface area contributed by atoms with Crippen molar-refractivity contribution in [2.24, 2.45) is 0 Å². The minimum Gasteiger partial charge on any atom is -0.477 e. The molecule has 2 rings (SSSR count). The molecule has 0 unspecified atom stereocenters. The van der Waals surface area contributed by atoms with E-state index in [1.165, 1.54) is 11.3 Å². The summed E-state index contributed by atoms with van der Waals surface area (Å²) in [5.74, 6) is -0.953. The minimum atomic E-state index is -0.953. The number of anilines is 1. The van der Waals surface area contributed by atoms with Gasteiger partial charge in [0.05, 0.1) is 10.6 Å². The van der Waals surface area contributed by atoms with Crippen LogP contribution in [0.3, 0.4) is 0 Å². The van der Waals surface area contributed by atoms with Crippen LogP contribution < -0.4 is 5.73 Å². The van der Waals surface area contributed by atoms with Gasteiger partial charge in [0.15, 0.2) is 0 Å². The number of thiophene rings is 2. The molecule has 0 fully saturated rings. The largest absolute Gasteiger partial charge is 0.477 e. The van der Waals surface area contributed by atoms with Crippen molar-refractivity contribution in [1.82, 2.24) is 0 Å². The molecule has 0 bridgehead atoms. The van der Waals surface area contributed by atoms with E-state index in [9.17, 15) is 4.79 Å². The second-order valence-corrected chi connectivity index (χ2v) is 5.47. The molecular formula is C11H11NO2S2. The molecule has 0 aliphatic carbocycles. The summed E-state index contributed by atoms with van der Waals surface area (Å²) >= 11 is 2.86. The van der Waals surface area contributed by atoms with Crippen LogP contribution in [0.25, 0.3) is 9.75 Å². The monoisotopic (exact) mass is 253 g/mol. The van der Waals surface area contributed by atoms with E-state index in [4.69, 9.17) is 10.8 Å². The summed E-state index contributed by atoms with van der Waals surface area (Å²) in [4.78, 5) is 13.3. The maximum Gasteiger partial charge on any atom is 0.348 e. The van der Waals surface area contributed by atoms with Crippen LogP contribution in [-0.2, 0) is 0 Å². The molecule has 2 aromatic rings. The van der Waals surface area contributed by atoms with Gasteiger partial charge in [0.1, 0.15) is 4.88 Å². The second kappa shape index (κ2) is 3.92. The van der Waals surface area contributed by atoms with Crippen molar-refractivity contribution in [1.29, 1.82) is 0 Å². The number of nitrogens with two attached hydrogens (primary N) is 1. The van der Waals surface area contributed by atoms with Gasteiger partial charge in [-0.2, -0.15) is 0 Å². The molecule has 0 saturated heterocycles. The van der Waals surface area contributed by atoms with Crippen LogP contribution in [0.2, 0.25) is 0 Å². The lowest BCUT2D eigenvalue weighted by Gasteiger charge is -1.97. The number of nitrogen functional groups attached to an aromatic ring is 1. The van der Waals surface area contributed by atoms with Crippen molar-refractivity contribution in [2.45, 2.75) is 13.8 Å². The summed E-state index contributed by atoms with van der Waals surface area (Å²) in [5.41, 5.74) is 8.21. The average Bonchev–Trinajstić information content (AvgIpc) is 2.74. The van der Waals surface area contributed by atoms with Crippen molar-refractivity contribution in [3.05, 3.63) is 27.5 Å². The smallest absolute Gasteiger partial charge is 0.348 e. The first-order valence-electron chi connectivity index (χ1n) is 4.69. The molecule has 0 atom stereocenters. The maximum absolute atomic E-state index is 11.0. The Bertz CT molecular complexity index is 554. The Labute approximate surface area is 101 Å². The highest BCUT2D eigenvalue weighted by Gasteiger charge is 2.20. The fourth-order valence-electron chi connectivity index (χ4n) is 1.51. The van der Waals surface area contributed by atoms with E-state index in [1.54, 1.807) is 11.3 Å². The Balaban J connectivity index is 2.64. The quantitative estimate of drug-likeness (QED) is 0.862. The molecule has 16 heavy (non-hydrogen) atoms. The van der Waals surface area contributed by atoms with Gasteiger partial charge in [0.2, 0.25) is 0 Å². The van der Waals surface area contributed by atoms with Crippen molar-refractivity contribution in [3.63, 3.8) is 0 Å². The topological polar surface area (TPSA) is 63.3 Å². The van der Waals surface area contributed by atoms with E-state index in [0.717, 1.165) is 20.9 Å². The summed E-state index contributed by atoms with van der Waals surface area (Å²) in [7, 11) is 0. The molecule has 0 spiro atoms. The Morgan fingerprint density at radius 2 is 2.06 bits per heavy atom.